The molecule has 3 aromatic rings. The van der Waals surface area contributed by atoms with Crippen molar-refractivity contribution in [3.8, 4) is 0 Å². The van der Waals surface area contributed by atoms with E-state index in [2.05, 4.69) is 4.72 Å². The van der Waals surface area contributed by atoms with Gasteiger partial charge in [-0.3, -0.25) is 23.4 Å². The number of benzene rings is 2. The maximum absolute atomic E-state index is 13.2. The van der Waals surface area contributed by atoms with Crippen molar-refractivity contribution >= 4 is 32.5 Å². The lowest BCUT2D eigenvalue weighted by atomic mass is 10.0. The fraction of sp³-hybridized carbons (Fsp3) is 0.375. The molecule has 10 heteroatoms. The molecule has 1 aliphatic rings. The largest absolute Gasteiger partial charge is 0.341 e. The Bertz CT molecular complexity index is 1460. The lowest BCUT2D eigenvalue weighted by Crippen LogP contribution is -2.43. The van der Waals surface area contributed by atoms with Crippen molar-refractivity contribution in [1.82, 2.24) is 14.0 Å². The van der Waals surface area contributed by atoms with Gasteiger partial charge in [0.1, 0.15) is 6.54 Å². The van der Waals surface area contributed by atoms with E-state index in [0.29, 0.717) is 30.2 Å². The highest BCUT2D eigenvalue weighted by Gasteiger charge is 2.22. The molecule has 0 spiro atoms. The molecule has 1 amide bonds. The number of carbonyl (C=O) groups is 1. The Labute approximate surface area is 197 Å². The number of fused-ring (bicyclic) bond motifs is 1. The van der Waals surface area contributed by atoms with Crippen molar-refractivity contribution in [3.63, 3.8) is 0 Å². The quantitative estimate of drug-likeness (QED) is 0.577. The van der Waals surface area contributed by atoms with E-state index in [1.807, 2.05) is 26.0 Å². The van der Waals surface area contributed by atoms with E-state index < -0.39 is 21.3 Å². The molecule has 0 saturated carbocycles. The Hall–Kier alpha value is -3.40. The van der Waals surface area contributed by atoms with Crippen molar-refractivity contribution in [2.24, 2.45) is 7.05 Å². The van der Waals surface area contributed by atoms with Crippen molar-refractivity contribution in [2.75, 3.05) is 17.8 Å². The highest BCUT2D eigenvalue weighted by molar-refractivity contribution is 7.92. The van der Waals surface area contributed by atoms with Crippen LogP contribution in [-0.4, -0.2) is 41.4 Å². The Morgan fingerprint density at radius 2 is 1.68 bits per heavy atom. The van der Waals surface area contributed by atoms with E-state index >= 15 is 0 Å². The molecular weight excluding hydrogens is 456 g/mol. The molecule has 0 atom stereocenters. The Morgan fingerprint density at radius 1 is 1.03 bits per heavy atom. The van der Waals surface area contributed by atoms with Crippen molar-refractivity contribution in [2.45, 2.75) is 44.0 Å². The zero-order valence-electron chi connectivity index (χ0n) is 19.4. The monoisotopic (exact) mass is 484 g/mol. The van der Waals surface area contributed by atoms with Crippen LogP contribution in [0.5, 0.6) is 0 Å². The fourth-order valence-corrected chi connectivity index (χ4v) is 5.24. The molecule has 1 N–H and O–H groups in total. The molecule has 1 fully saturated rings. The second-order valence-electron chi connectivity index (χ2n) is 8.88. The van der Waals surface area contributed by atoms with Gasteiger partial charge in [0.15, 0.2) is 0 Å². The first-order chi connectivity index (χ1) is 16.1. The fourth-order valence-electron chi connectivity index (χ4n) is 4.15. The zero-order valence-corrected chi connectivity index (χ0v) is 20.3. The number of nitrogens with one attached hydrogen (secondary N) is 1. The number of nitrogens with zero attached hydrogens (tertiary/aromatic N) is 3. The number of sulfonamides is 1. The maximum atomic E-state index is 13.2. The van der Waals surface area contributed by atoms with Crippen LogP contribution in [-0.2, 0) is 28.4 Å². The summed E-state index contributed by atoms with van der Waals surface area (Å²) in [5, 5.41) is 0.0503. The Balaban J connectivity index is 1.71. The van der Waals surface area contributed by atoms with Gasteiger partial charge < -0.3 is 4.90 Å². The number of amides is 1. The summed E-state index contributed by atoms with van der Waals surface area (Å²) < 4.78 is 30.7. The number of aryl methyl sites for hydroxylation is 1. The molecule has 0 radical (unpaired) electrons. The normalized spacial score (nSPS) is 14.2. The number of hydrogen-bond acceptors (Lipinski definition) is 5. The van der Waals surface area contributed by atoms with E-state index in [-0.39, 0.29) is 22.7 Å². The van der Waals surface area contributed by atoms with E-state index in [9.17, 15) is 22.8 Å². The minimum absolute atomic E-state index is 0.0503. The number of carbonyl (C=O) groups excluding carboxylic acids is 1. The second kappa shape index (κ2) is 9.09. The SMILES string of the molecule is CC(C)c1ccc(NS(=O)(=O)c2ccc3c(c2)c(=O)n(CC(=O)N2CCCC2)c(=O)n3C)cc1. The van der Waals surface area contributed by atoms with Crippen molar-refractivity contribution in [3.05, 3.63) is 68.9 Å². The molecule has 9 nitrogen and oxygen atoms in total. The van der Waals surface area contributed by atoms with Gasteiger partial charge in [-0.2, -0.15) is 0 Å². The number of likely N-dealkylation sites (tertiary alicyclic amines) is 1. The van der Waals surface area contributed by atoms with E-state index in [1.165, 1.54) is 29.8 Å². The van der Waals surface area contributed by atoms with Gasteiger partial charge in [-0.1, -0.05) is 26.0 Å². The van der Waals surface area contributed by atoms with Crippen LogP contribution in [0.25, 0.3) is 10.9 Å². The van der Waals surface area contributed by atoms with Crippen LogP contribution < -0.4 is 16.0 Å². The molecule has 0 unspecified atom stereocenters. The predicted molar refractivity (Wildman–Crippen MR) is 131 cm³/mol. The summed E-state index contributed by atoms with van der Waals surface area (Å²) in [6, 6.07) is 11.1. The zero-order chi connectivity index (χ0) is 24.6. The summed E-state index contributed by atoms with van der Waals surface area (Å²) >= 11 is 0. The van der Waals surface area contributed by atoms with Gasteiger partial charge in [0.2, 0.25) is 5.91 Å². The minimum Gasteiger partial charge on any atom is -0.341 e. The van der Waals surface area contributed by atoms with Gasteiger partial charge in [0.05, 0.1) is 15.8 Å². The van der Waals surface area contributed by atoms with Gasteiger partial charge in [-0.25, -0.2) is 13.2 Å². The molecule has 2 aromatic carbocycles. The van der Waals surface area contributed by atoms with Crippen LogP contribution in [0.4, 0.5) is 5.69 Å². The van der Waals surface area contributed by atoms with Gasteiger partial charge in [-0.15, -0.1) is 0 Å². The number of anilines is 1. The highest BCUT2D eigenvalue weighted by Crippen LogP contribution is 2.21. The van der Waals surface area contributed by atoms with E-state index in [1.54, 1.807) is 17.0 Å². The lowest BCUT2D eigenvalue weighted by molar-refractivity contribution is -0.130. The molecule has 2 heterocycles. The molecule has 180 valence electrons. The molecule has 1 saturated heterocycles. The van der Waals surface area contributed by atoms with Crippen molar-refractivity contribution < 1.29 is 13.2 Å². The smallest absolute Gasteiger partial charge is 0.331 e. The number of rotatable bonds is 6. The molecule has 1 aliphatic heterocycles. The summed E-state index contributed by atoms with van der Waals surface area (Å²) in [7, 11) is -2.50. The topological polar surface area (TPSA) is 110 Å². The van der Waals surface area contributed by atoms with Crippen LogP contribution in [0.2, 0.25) is 0 Å². The predicted octanol–water partition coefficient (Wildman–Crippen LogP) is 2.25. The van der Waals surface area contributed by atoms with Crippen LogP contribution in [0, 0.1) is 0 Å². The number of aromatic nitrogens is 2. The van der Waals surface area contributed by atoms with Gasteiger partial charge >= 0.3 is 5.69 Å². The van der Waals surface area contributed by atoms with E-state index in [0.717, 1.165) is 23.0 Å². The summed E-state index contributed by atoms with van der Waals surface area (Å²) in [6.07, 6.45) is 1.79. The first-order valence-electron chi connectivity index (χ1n) is 11.2. The Morgan fingerprint density at radius 3 is 2.29 bits per heavy atom. The summed E-state index contributed by atoms with van der Waals surface area (Å²) in [5.41, 5.74) is 0.463. The lowest BCUT2D eigenvalue weighted by Gasteiger charge is -2.17. The average molecular weight is 485 g/mol. The van der Waals surface area contributed by atoms with Gasteiger partial charge in [0.25, 0.3) is 15.6 Å². The van der Waals surface area contributed by atoms with Crippen LogP contribution in [0.3, 0.4) is 0 Å². The average Bonchev–Trinajstić information content (AvgIpc) is 3.35. The summed E-state index contributed by atoms with van der Waals surface area (Å²) in [5.74, 6) is 0.0173. The standard InChI is InChI=1S/C24H28N4O5S/c1-16(2)17-6-8-18(9-7-17)25-34(32,33)19-10-11-21-20(14-19)23(30)28(24(31)26(21)3)15-22(29)27-12-4-5-13-27/h6-11,14,16,25H,4-5,12-13,15H2,1-3H3. The highest BCUT2D eigenvalue weighted by atomic mass is 32.2. The Kier molecular flexibility index (Phi) is 6.35. The molecule has 1 aromatic heterocycles. The van der Waals surface area contributed by atoms with Gasteiger partial charge in [0, 0.05) is 25.8 Å². The first-order valence-corrected chi connectivity index (χ1v) is 12.7. The third kappa shape index (κ3) is 4.50. The van der Waals surface area contributed by atoms with Crippen LogP contribution in [0.15, 0.2) is 56.9 Å². The summed E-state index contributed by atoms with van der Waals surface area (Å²) in [4.78, 5) is 40.0. The van der Waals surface area contributed by atoms with Gasteiger partial charge in [-0.05, 0) is 54.7 Å². The minimum atomic E-state index is -3.99. The molecule has 0 bridgehead atoms. The first kappa shape index (κ1) is 23.7. The third-order valence-corrected chi connectivity index (χ3v) is 7.59. The van der Waals surface area contributed by atoms with Crippen LogP contribution >= 0.6 is 0 Å². The molecular formula is C24H28N4O5S. The molecule has 0 aliphatic carbocycles. The third-order valence-electron chi connectivity index (χ3n) is 6.21. The second-order valence-corrected chi connectivity index (χ2v) is 10.6. The van der Waals surface area contributed by atoms with Crippen LogP contribution in [0.1, 0.15) is 38.2 Å². The molecule has 34 heavy (non-hydrogen) atoms. The summed E-state index contributed by atoms with van der Waals surface area (Å²) in [6.45, 7) is 4.93. The van der Waals surface area contributed by atoms with Crippen molar-refractivity contribution in [1.29, 1.82) is 0 Å². The maximum Gasteiger partial charge on any atom is 0.331 e. The molecule has 4 rings (SSSR count). The number of hydrogen-bond donors (Lipinski definition) is 1. The van der Waals surface area contributed by atoms with E-state index in [4.69, 9.17) is 0 Å².